The van der Waals surface area contributed by atoms with Gasteiger partial charge in [-0.05, 0) is 48.2 Å². The maximum absolute atomic E-state index is 12.4. The third kappa shape index (κ3) is 5.00. The normalized spacial score (nSPS) is 20.1. The standard InChI is InChI=1S/C18H18F3NO4S/c19-18(20,21)26-15-5-7-16(8-6-15)27(24,25)22-12-17(23)10-9-13-3-1-2-4-14(13)11-17/h1-8,22-23H,9-12H2. The molecule has 0 saturated heterocycles. The van der Waals surface area contributed by atoms with Crippen LogP contribution >= 0.6 is 0 Å². The summed E-state index contributed by atoms with van der Waals surface area (Å²) in [5, 5.41) is 10.7. The van der Waals surface area contributed by atoms with Gasteiger partial charge in [0.05, 0.1) is 10.5 Å². The first kappa shape index (κ1) is 19.7. The Balaban J connectivity index is 1.66. The quantitative estimate of drug-likeness (QED) is 0.808. The smallest absolute Gasteiger partial charge is 0.406 e. The van der Waals surface area contributed by atoms with Gasteiger partial charge in [0, 0.05) is 13.0 Å². The van der Waals surface area contributed by atoms with Crippen LogP contribution in [-0.2, 0) is 22.9 Å². The van der Waals surface area contributed by atoms with E-state index in [1.54, 1.807) is 0 Å². The predicted molar refractivity (Wildman–Crippen MR) is 91.7 cm³/mol. The van der Waals surface area contributed by atoms with Crippen LogP contribution in [-0.4, -0.2) is 32.0 Å². The van der Waals surface area contributed by atoms with E-state index in [2.05, 4.69) is 9.46 Å². The Morgan fingerprint density at radius 1 is 1.07 bits per heavy atom. The van der Waals surface area contributed by atoms with Crippen LogP contribution in [0.3, 0.4) is 0 Å². The Morgan fingerprint density at radius 3 is 2.33 bits per heavy atom. The summed E-state index contributed by atoms with van der Waals surface area (Å²) in [5.41, 5.74) is 0.880. The molecule has 0 fully saturated rings. The molecule has 0 aromatic heterocycles. The summed E-state index contributed by atoms with van der Waals surface area (Å²) in [7, 11) is -3.98. The van der Waals surface area contributed by atoms with Crippen LogP contribution in [0.15, 0.2) is 53.4 Å². The molecule has 1 atom stereocenters. The molecule has 5 nitrogen and oxygen atoms in total. The van der Waals surface area contributed by atoms with Crippen LogP contribution in [0, 0.1) is 0 Å². The molecular formula is C18H18F3NO4S. The van der Waals surface area contributed by atoms with Gasteiger partial charge in [-0.3, -0.25) is 0 Å². The van der Waals surface area contributed by atoms with E-state index in [1.807, 2.05) is 24.3 Å². The predicted octanol–water partition coefficient (Wildman–Crippen LogP) is 2.78. The van der Waals surface area contributed by atoms with Crippen LogP contribution in [0.5, 0.6) is 5.75 Å². The highest BCUT2D eigenvalue weighted by atomic mass is 32.2. The largest absolute Gasteiger partial charge is 0.573 e. The second-order valence-corrected chi connectivity index (χ2v) is 8.28. The number of alkyl halides is 3. The van der Waals surface area contributed by atoms with E-state index in [1.165, 1.54) is 0 Å². The fraction of sp³-hybridized carbons (Fsp3) is 0.333. The van der Waals surface area contributed by atoms with Crippen molar-refractivity contribution in [3.8, 4) is 5.75 Å². The highest BCUT2D eigenvalue weighted by molar-refractivity contribution is 7.89. The first-order chi connectivity index (χ1) is 12.6. The second kappa shape index (κ2) is 7.14. The lowest BCUT2D eigenvalue weighted by atomic mass is 9.80. The van der Waals surface area contributed by atoms with E-state index >= 15 is 0 Å². The molecule has 9 heteroatoms. The summed E-state index contributed by atoms with van der Waals surface area (Å²) in [4.78, 5) is -0.211. The molecule has 1 aliphatic rings. The summed E-state index contributed by atoms with van der Waals surface area (Å²) < 4.78 is 67.3. The number of aliphatic hydroxyl groups is 1. The third-order valence-electron chi connectivity index (χ3n) is 4.46. The fourth-order valence-corrected chi connectivity index (χ4v) is 4.19. The van der Waals surface area contributed by atoms with Crippen molar-refractivity contribution < 1.29 is 31.4 Å². The van der Waals surface area contributed by atoms with Gasteiger partial charge in [0.2, 0.25) is 10.0 Å². The minimum Gasteiger partial charge on any atom is -0.406 e. The molecule has 146 valence electrons. The molecule has 3 rings (SSSR count). The van der Waals surface area contributed by atoms with Crippen LogP contribution in [0.4, 0.5) is 13.2 Å². The monoisotopic (exact) mass is 401 g/mol. The van der Waals surface area contributed by atoms with Gasteiger partial charge in [0.15, 0.2) is 0 Å². The highest BCUT2D eigenvalue weighted by Gasteiger charge is 2.34. The van der Waals surface area contributed by atoms with Gasteiger partial charge in [0.25, 0.3) is 0 Å². The molecule has 0 saturated carbocycles. The fourth-order valence-electron chi connectivity index (χ4n) is 3.07. The summed E-state index contributed by atoms with van der Waals surface area (Å²) in [5.74, 6) is -0.510. The molecule has 0 bridgehead atoms. The summed E-state index contributed by atoms with van der Waals surface area (Å²) in [6.45, 7) is -0.190. The van der Waals surface area contributed by atoms with Crippen molar-refractivity contribution in [3.05, 3.63) is 59.7 Å². The minimum atomic E-state index is -4.85. The maximum atomic E-state index is 12.4. The molecule has 2 N–H and O–H groups in total. The lowest BCUT2D eigenvalue weighted by Crippen LogP contribution is -2.46. The Hall–Kier alpha value is -2.10. The Bertz CT molecular complexity index is 913. The van der Waals surface area contributed by atoms with Gasteiger partial charge in [-0.1, -0.05) is 24.3 Å². The molecule has 1 aliphatic carbocycles. The molecule has 1 unspecified atom stereocenters. The van der Waals surface area contributed by atoms with Crippen molar-refractivity contribution in [2.24, 2.45) is 0 Å². The summed E-state index contributed by atoms with van der Waals surface area (Å²) in [6, 6.07) is 11.5. The Kier molecular flexibility index (Phi) is 5.20. The number of benzene rings is 2. The van der Waals surface area contributed by atoms with Crippen LogP contribution in [0.2, 0.25) is 0 Å². The number of fused-ring (bicyclic) bond motifs is 1. The Labute approximate surface area is 154 Å². The van der Waals surface area contributed by atoms with Crippen LogP contribution in [0.25, 0.3) is 0 Å². The van der Waals surface area contributed by atoms with Gasteiger partial charge >= 0.3 is 6.36 Å². The third-order valence-corrected chi connectivity index (χ3v) is 5.87. The Morgan fingerprint density at radius 2 is 1.70 bits per heavy atom. The molecule has 0 radical (unpaired) electrons. The van der Waals surface area contributed by atoms with E-state index in [4.69, 9.17) is 0 Å². The molecule has 2 aromatic carbocycles. The van der Waals surface area contributed by atoms with Gasteiger partial charge < -0.3 is 9.84 Å². The zero-order valence-corrected chi connectivity index (χ0v) is 15.0. The minimum absolute atomic E-state index is 0.190. The summed E-state index contributed by atoms with van der Waals surface area (Å²) in [6.07, 6.45) is -3.48. The van der Waals surface area contributed by atoms with Crippen molar-refractivity contribution in [3.63, 3.8) is 0 Å². The first-order valence-electron chi connectivity index (χ1n) is 8.21. The van der Waals surface area contributed by atoms with Gasteiger partial charge in [-0.15, -0.1) is 13.2 Å². The lowest BCUT2D eigenvalue weighted by Gasteiger charge is -2.33. The first-order valence-corrected chi connectivity index (χ1v) is 9.69. The lowest BCUT2D eigenvalue weighted by molar-refractivity contribution is -0.274. The van der Waals surface area contributed by atoms with Crippen molar-refractivity contribution in [1.29, 1.82) is 0 Å². The number of nitrogens with one attached hydrogen (secondary N) is 1. The second-order valence-electron chi connectivity index (χ2n) is 6.51. The molecule has 0 spiro atoms. The van der Waals surface area contributed by atoms with E-state index < -0.39 is 27.7 Å². The molecule has 27 heavy (non-hydrogen) atoms. The van der Waals surface area contributed by atoms with Crippen molar-refractivity contribution in [2.45, 2.75) is 36.1 Å². The van der Waals surface area contributed by atoms with Crippen LogP contribution in [0.1, 0.15) is 17.5 Å². The SMILES string of the molecule is O=S(=O)(NCC1(O)CCc2ccccc2C1)c1ccc(OC(F)(F)F)cc1. The van der Waals surface area contributed by atoms with Crippen molar-refractivity contribution in [1.82, 2.24) is 4.72 Å². The molecule has 0 amide bonds. The van der Waals surface area contributed by atoms with Gasteiger partial charge in [0.1, 0.15) is 5.75 Å². The highest BCUT2D eigenvalue weighted by Crippen LogP contribution is 2.29. The molecule has 0 aliphatic heterocycles. The maximum Gasteiger partial charge on any atom is 0.573 e. The number of hydrogen-bond acceptors (Lipinski definition) is 4. The van der Waals surface area contributed by atoms with Crippen LogP contribution < -0.4 is 9.46 Å². The number of rotatable bonds is 5. The van der Waals surface area contributed by atoms with E-state index in [9.17, 15) is 26.7 Å². The van der Waals surface area contributed by atoms with Gasteiger partial charge in [-0.2, -0.15) is 0 Å². The van der Waals surface area contributed by atoms with Crippen molar-refractivity contribution >= 4 is 10.0 Å². The van der Waals surface area contributed by atoms with E-state index in [-0.39, 0.29) is 11.4 Å². The zero-order chi connectivity index (χ0) is 19.7. The molecule has 2 aromatic rings. The average Bonchev–Trinajstić information content (AvgIpc) is 2.59. The topological polar surface area (TPSA) is 75.6 Å². The van der Waals surface area contributed by atoms with E-state index in [0.717, 1.165) is 35.4 Å². The molecular weight excluding hydrogens is 383 g/mol. The number of ether oxygens (including phenoxy) is 1. The number of halogens is 3. The number of hydrogen-bond donors (Lipinski definition) is 2. The number of aryl methyl sites for hydroxylation is 1. The summed E-state index contributed by atoms with van der Waals surface area (Å²) >= 11 is 0. The number of sulfonamides is 1. The van der Waals surface area contributed by atoms with Crippen molar-refractivity contribution in [2.75, 3.05) is 6.54 Å². The van der Waals surface area contributed by atoms with E-state index in [0.29, 0.717) is 19.3 Å². The molecule has 0 heterocycles. The zero-order valence-electron chi connectivity index (χ0n) is 14.2. The average molecular weight is 401 g/mol. The van der Waals surface area contributed by atoms with Gasteiger partial charge in [-0.25, -0.2) is 13.1 Å².